The standard InChI is InChI=1S/C34H58NO7/c1-5-8-10-12-14-16-22-38-33(39-23-17-15-13-11-9-6-2)21-20-32(36)40-26-28(4)27-41-34(37)42-31-24-29-18-19-30(25-31)35(29)7-3/h8-11,28-31,33H,4-7,12-27H2,1-3H3/b10-8-,11-9-/t28?,29-,30+,31-. The summed E-state index contributed by atoms with van der Waals surface area (Å²) in [4.78, 5) is 27.2. The summed E-state index contributed by atoms with van der Waals surface area (Å²) in [6.45, 7) is 12.8. The first-order valence-electron chi connectivity index (χ1n) is 16.6. The molecule has 0 aromatic carbocycles. The molecule has 0 aliphatic carbocycles. The van der Waals surface area contributed by atoms with Crippen LogP contribution in [0, 0.1) is 12.8 Å². The fourth-order valence-electron chi connectivity index (χ4n) is 5.70. The van der Waals surface area contributed by atoms with Crippen LogP contribution in [0.15, 0.2) is 24.3 Å². The third kappa shape index (κ3) is 15.5. The minimum atomic E-state index is -0.663. The largest absolute Gasteiger partial charge is 0.508 e. The topological polar surface area (TPSA) is 83.5 Å². The van der Waals surface area contributed by atoms with Gasteiger partial charge in [-0.15, -0.1) is 0 Å². The number of nitrogens with zero attached hydrogens (tertiary/aromatic N) is 1. The monoisotopic (exact) mass is 592 g/mol. The van der Waals surface area contributed by atoms with Gasteiger partial charge in [0.1, 0.15) is 12.7 Å². The summed E-state index contributed by atoms with van der Waals surface area (Å²) in [5.74, 6) is -0.706. The number of unbranched alkanes of at least 4 members (excludes halogenated alkanes) is 4. The van der Waals surface area contributed by atoms with Crippen LogP contribution in [0.2, 0.25) is 0 Å². The van der Waals surface area contributed by atoms with Gasteiger partial charge in [-0.1, -0.05) is 45.1 Å². The normalized spacial score (nSPS) is 21.4. The Hall–Kier alpha value is -1.90. The Kier molecular flexibility index (Phi) is 19.5. The van der Waals surface area contributed by atoms with Crippen molar-refractivity contribution in [1.29, 1.82) is 0 Å². The third-order valence-corrected chi connectivity index (χ3v) is 7.91. The summed E-state index contributed by atoms with van der Waals surface area (Å²) >= 11 is 0. The van der Waals surface area contributed by atoms with Crippen molar-refractivity contribution in [2.45, 2.75) is 135 Å². The highest BCUT2D eigenvalue weighted by Crippen LogP contribution is 2.36. The summed E-state index contributed by atoms with van der Waals surface area (Å²) in [5, 5.41) is 0. The summed E-state index contributed by atoms with van der Waals surface area (Å²) in [6, 6.07) is 1.01. The first-order valence-corrected chi connectivity index (χ1v) is 16.6. The number of rotatable bonds is 23. The molecule has 2 aliphatic heterocycles. The minimum Gasteiger partial charge on any atom is -0.465 e. The zero-order valence-electron chi connectivity index (χ0n) is 26.6. The molecule has 2 aliphatic rings. The smallest absolute Gasteiger partial charge is 0.465 e. The van der Waals surface area contributed by atoms with E-state index in [1.54, 1.807) is 0 Å². The SMILES string of the molecule is [CH2]C(COC(=O)CCC(OCCCC/C=C\CC)OCCCC/C=C\CC)COC(=O)O[C@@H]1C[C@H]2CC[C@@H](C1)N2CC. The summed E-state index contributed by atoms with van der Waals surface area (Å²) < 4.78 is 28.2. The van der Waals surface area contributed by atoms with E-state index >= 15 is 0 Å². The molecule has 2 fully saturated rings. The van der Waals surface area contributed by atoms with E-state index in [0.29, 0.717) is 31.7 Å². The van der Waals surface area contributed by atoms with Crippen LogP contribution in [0.25, 0.3) is 0 Å². The Morgan fingerprint density at radius 2 is 1.40 bits per heavy atom. The molecule has 8 heteroatoms. The van der Waals surface area contributed by atoms with E-state index in [-0.39, 0.29) is 37.6 Å². The zero-order valence-corrected chi connectivity index (χ0v) is 26.6. The van der Waals surface area contributed by atoms with Gasteiger partial charge >= 0.3 is 12.1 Å². The van der Waals surface area contributed by atoms with Gasteiger partial charge in [0.2, 0.25) is 0 Å². The van der Waals surface area contributed by atoms with E-state index in [1.165, 1.54) is 12.8 Å². The second-order valence-electron chi connectivity index (χ2n) is 11.5. The third-order valence-electron chi connectivity index (χ3n) is 7.91. The van der Waals surface area contributed by atoms with E-state index in [9.17, 15) is 9.59 Å². The fourth-order valence-corrected chi connectivity index (χ4v) is 5.70. The van der Waals surface area contributed by atoms with E-state index in [1.807, 2.05) is 0 Å². The van der Waals surface area contributed by atoms with Crippen molar-refractivity contribution in [3.8, 4) is 0 Å². The Morgan fingerprint density at radius 1 is 0.833 bits per heavy atom. The predicted molar refractivity (Wildman–Crippen MR) is 166 cm³/mol. The first kappa shape index (κ1) is 36.3. The van der Waals surface area contributed by atoms with Crippen molar-refractivity contribution in [2.24, 2.45) is 5.92 Å². The summed E-state index contributed by atoms with van der Waals surface area (Å²) in [7, 11) is 0. The predicted octanol–water partition coefficient (Wildman–Crippen LogP) is 7.56. The Balaban J connectivity index is 1.61. The van der Waals surface area contributed by atoms with Gasteiger partial charge in [-0.25, -0.2) is 4.79 Å². The average Bonchev–Trinajstić information content (AvgIpc) is 3.24. The highest BCUT2D eigenvalue weighted by Gasteiger charge is 2.41. The molecular weight excluding hydrogens is 534 g/mol. The number of ether oxygens (including phenoxy) is 5. The second-order valence-corrected chi connectivity index (χ2v) is 11.5. The summed E-state index contributed by atoms with van der Waals surface area (Å²) in [5.41, 5.74) is 0. The number of esters is 1. The summed E-state index contributed by atoms with van der Waals surface area (Å²) in [6.07, 6.45) is 20.6. The van der Waals surface area contributed by atoms with E-state index in [2.05, 4.69) is 56.9 Å². The van der Waals surface area contributed by atoms with E-state index in [0.717, 1.165) is 70.8 Å². The molecule has 4 atom stereocenters. The number of carbonyl (C=O) groups is 2. The van der Waals surface area contributed by atoms with Crippen molar-refractivity contribution in [2.75, 3.05) is 33.0 Å². The molecule has 2 saturated heterocycles. The van der Waals surface area contributed by atoms with E-state index in [4.69, 9.17) is 23.7 Å². The Labute approximate surface area is 255 Å². The lowest BCUT2D eigenvalue weighted by Crippen LogP contribution is -2.45. The van der Waals surface area contributed by atoms with Gasteiger partial charge in [-0.2, -0.15) is 0 Å². The van der Waals surface area contributed by atoms with Gasteiger partial charge in [0.15, 0.2) is 6.29 Å². The number of piperidine rings is 1. The van der Waals surface area contributed by atoms with Gasteiger partial charge in [-0.05, 0) is 77.7 Å². The molecule has 0 aromatic rings. The molecule has 0 spiro atoms. The maximum atomic E-state index is 12.4. The highest BCUT2D eigenvalue weighted by atomic mass is 16.7. The fraction of sp³-hybridized carbons (Fsp3) is 0.794. The first-order chi connectivity index (χ1) is 20.5. The molecule has 0 N–H and O–H groups in total. The van der Waals surface area contributed by atoms with Crippen LogP contribution in [0.4, 0.5) is 4.79 Å². The molecule has 0 aromatic heterocycles. The van der Waals surface area contributed by atoms with Crippen LogP contribution < -0.4 is 0 Å². The lowest BCUT2D eigenvalue weighted by Gasteiger charge is -2.37. The van der Waals surface area contributed by atoms with Crippen molar-refractivity contribution >= 4 is 12.1 Å². The average molecular weight is 593 g/mol. The van der Waals surface area contributed by atoms with Crippen LogP contribution >= 0.6 is 0 Å². The van der Waals surface area contributed by atoms with Gasteiger partial charge in [0.05, 0.1) is 13.0 Å². The maximum absolute atomic E-state index is 12.4. The Morgan fingerprint density at radius 3 is 1.95 bits per heavy atom. The van der Waals surface area contributed by atoms with Crippen LogP contribution in [0.1, 0.15) is 111 Å². The quantitative estimate of drug-likeness (QED) is 0.0520. The second kappa shape index (κ2) is 22.6. The molecule has 2 heterocycles. The number of carbonyl (C=O) groups excluding carboxylic acids is 2. The molecule has 1 radical (unpaired) electrons. The lowest BCUT2D eigenvalue weighted by molar-refractivity contribution is -0.160. The van der Waals surface area contributed by atoms with Crippen LogP contribution in [-0.4, -0.2) is 74.5 Å². The number of hydrogen-bond donors (Lipinski definition) is 0. The number of fused-ring (bicyclic) bond motifs is 2. The van der Waals surface area contributed by atoms with Gasteiger partial charge in [0.25, 0.3) is 0 Å². The molecule has 241 valence electrons. The molecule has 42 heavy (non-hydrogen) atoms. The van der Waals surface area contributed by atoms with Crippen LogP contribution in [0.3, 0.4) is 0 Å². The number of hydrogen-bond acceptors (Lipinski definition) is 8. The molecule has 0 saturated carbocycles. The zero-order chi connectivity index (χ0) is 30.4. The maximum Gasteiger partial charge on any atom is 0.508 e. The van der Waals surface area contributed by atoms with E-state index < -0.39 is 12.4 Å². The lowest BCUT2D eigenvalue weighted by atomic mass is 10.00. The molecule has 2 bridgehead atoms. The molecule has 2 rings (SSSR count). The van der Waals surface area contributed by atoms with Crippen LogP contribution in [0.5, 0.6) is 0 Å². The van der Waals surface area contributed by atoms with Crippen LogP contribution in [-0.2, 0) is 28.5 Å². The molecular formula is C34H58NO7. The molecule has 1 unspecified atom stereocenters. The minimum absolute atomic E-state index is 0.0442. The highest BCUT2D eigenvalue weighted by molar-refractivity contribution is 5.69. The van der Waals surface area contributed by atoms with Crippen molar-refractivity contribution in [3.05, 3.63) is 31.2 Å². The van der Waals surface area contributed by atoms with Gasteiger partial charge in [0, 0.05) is 50.5 Å². The van der Waals surface area contributed by atoms with Gasteiger partial charge < -0.3 is 23.7 Å². The van der Waals surface area contributed by atoms with Crippen molar-refractivity contribution < 1.29 is 33.3 Å². The van der Waals surface area contributed by atoms with Crippen molar-refractivity contribution in [1.82, 2.24) is 4.90 Å². The van der Waals surface area contributed by atoms with Crippen molar-refractivity contribution in [3.63, 3.8) is 0 Å². The molecule has 8 nitrogen and oxygen atoms in total. The molecule has 0 amide bonds. The number of allylic oxidation sites excluding steroid dienone is 4. The van der Waals surface area contributed by atoms with Gasteiger partial charge in [-0.3, -0.25) is 9.69 Å². The Bertz CT molecular complexity index is 748.